The smallest absolute Gasteiger partial charge is 0.321 e. The van der Waals surface area contributed by atoms with Gasteiger partial charge in [0.15, 0.2) is 18.9 Å². The van der Waals surface area contributed by atoms with E-state index in [0.717, 1.165) is 10.9 Å². The minimum absolute atomic E-state index is 0.0232. The third-order valence-electron chi connectivity index (χ3n) is 10.7. The molecule has 0 aliphatic carbocycles. The standard InChI is InChI=1S/C35H52N2O19/c1-14-24(41)31(56-35-29(46)28(45)25(42)20(11-39)54-35)27(44)22(51-14)13-50-34-30(47)32(26(43)21(12-40)53-34)55-23-9-37(8-17(10-38)52-23)19(33(48)49)7-16-6-15-4-2-3-5-18(15)36-16/h2-6,14,17,19-32,34-36,38-47H,7-13H2,1H3,(H,48,49)/t14?,17?,19-,20?,21?,22?,23?,24?,25?,26?,27?,28?,29?,30?,31?,32?,34?,35?/m0/s1. The topological polar surface area (TPSA) is 323 Å². The minimum Gasteiger partial charge on any atom is -0.480 e. The van der Waals surface area contributed by atoms with Gasteiger partial charge in [-0.05, 0) is 24.4 Å². The van der Waals surface area contributed by atoms with Crippen LogP contribution in [0.4, 0.5) is 0 Å². The van der Waals surface area contributed by atoms with Gasteiger partial charge in [0.1, 0.15) is 79.3 Å². The fourth-order valence-corrected chi connectivity index (χ4v) is 7.55. The van der Waals surface area contributed by atoms with Gasteiger partial charge in [-0.3, -0.25) is 9.69 Å². The van der Waals surface area contributed by atoms with Crippen molar-refractivity contribution in [3.05, 3.63) is 36.0 Å². The molecule has 1 aromatic carbocycles. The fraction of sp³-hybridized carbons (Fsp3) is 0.743. The average Bonchev–Trinajstić information content (AvgIpc) is 3.61. The van der Waals surface area contributed by atoms with E-state index in [1.54, 1.807) is 4.90 Å². The second-order valence-corrected chi connectivity index (χ2v) is 14.6. The third-order valence-corrected chi connectivity index (χ3v) is 10.7. The quantitative estimate of drug-likeness (QED) is 0.0849. The van der Waals surface area contributed by atoms with Crippen LogP contribution in [-0.4, -0.2) is 222 Å². The normalized spacial score (nSPS) is 41.8. The Labute approximate surface area is 320 Å². The number of nitrogens with one attached hydrogen (secondary N) is 1. The first-order valence-corrected chi connectivity index (χ1v) is 18.4. The summed E-state index contributed by atoms with van der Waals surface area (Å²) in [5.74, 6) is -1.14. The summed E-state index contributed by atoms with van der Waals surface area (Å²) in [7, 11) is 0. The zero-order chi connectivity index (χ0) is 40.4. The number of benzene rings is 1. The largest absolute Gasteiger partial charge is 0.480 e. The van der Waals surface area contributed by atoms with Crippen LogP contribution >= 0.6 is 0 Å². The summed E-state index contributed by atoms with van der Waals surface area (Å²) >= 11 is 0. The summed E-state index contributed by atoms with van der Waals surface area (Å²) in [6.07, 6.45) is -25.4. The first kappa shape index (κ1) is 43.1. The Morgan fingerprint density at radius 1 is 0.768 bits per heavy atom. The predicted octanol–water partition coefficient (Wildman–Crippen LogP) is -5.28. The van der Waals surface area contributed by atoms with Crippen molar-refractivity contribution in [3.8, 4) is 0 Å². The molecule has 0 bridgehead atoms. The second kappa shape index (κ2) is 18.6. The first-order valence-electron chi connectivity index (χ1n) is 18.4. The molecule has 21 nitrogen and oxygen atoms in total. The summed E-state index contributed by atoms with van der Waals surface area (Å²) in [6, 6.07) is 8.23. The number of aliphatic carboxylic acids is 1. The van der Waals surface area contributed by atoms with Crippen molar-refractivity contribution in [1.82, 2.24) is 9.88 Å². The van der Waals surface area contributed by atoms with Gasteiger partial charge in [-0.15, -0.1) is 0 Å². The summed E-state index contributed by atoms with van der Waals surface area (Å²) in [5, 5.41) is 116. The number of ether oxygens (including phenoxy) is 7. The van der Waals surface area contributed by atoms with Crippen molar-refractivity contribution in [3.63, 3.8) is 0 Å². The molecule has 316 valence electrons. The minimum atomic E-state index is -1.83. The van der Waals surface area contributed by atoms with Crippen LogP contribution in [-0.2, 0) is 44.4 Å². The van der Waals surface area contributed by atoms with Crippen LogP contribution in [0.25, 0.3) is 10.9 Å². The molecule has 18 atom stereocenters. The Balaban J connectivity index is 1.11. The van der Waals surface area contributed by atoms with E-state index in [2.05, 4.69) is 4.98 Å². The zero-order valence-electron chi connectivity index (χ0n) is 30.4. The highest BCUT2D eigenvalue weighted by Crippen LogP contribution is 2.32. The van der Waals surface area contributed by atoms with Crippen LogP contribution in [0.15, 0.2) is 30.3 Å². The van der Waals surface area contributed by atoms with E-state index in [4.69, 9.17) is 33.2 Å². The van der Waals surface area contributed by atoms with Crippen molar-refractivity contribution < 1.29 is 94.1 Å². The molecule has 0 radical (unpaired) electrons. The van der Waals surface area contributed by atoms with Gasteiger partial charge in [0.2, 0.25) is 0 Å². The molecule has 4 aliphatic heterocycles. The van der Waals surface area contributed by atoms with Crippen molar-refractivity contribution in [1.29, 1.82) is 0 Å². The third kappa shape index (κ3) is 9.20. The second-order valence-electron chi connectivity index (χ2n) is 14.6. The molecule has 0 amide bonds. The van der Waals surface area contributed by atoms with Gasteiger partial charge in [-0.2, -0.15) is 0 Å². The summed E-state index contributed by atoms with van der Waals surface area (Å²) in [6.45, 7) is -1.22. The first-order chi connectivity index (χ1) is 26.7. The molecule has 12 N–H and O–H groups in total. The number of nitrogens with zero attached hydrogens (tertiary/aromatic N) is 1. The van der Waals surface area contributed by atoms with Gasteiger partial charge in [0.05, 0.1) is 45.2 Å². The van der Waals surface area contributed by atoms with Gasteiger partial charge >= 0.3 is 5.97 Å². The molecule has 0 spiro atoms. The predicted molar refractivity (Wildman–Crippen MR) is 184 cm³/mol. The molecule has 2 aromatic rings. The van der Waals surface area contributed by atoms with Crippen molar-refractivity contribution in [2.45, 2.75) is 124 Å². The number of hydrogen-bond donors (Lipinski definition) is 12. The molecule has 4 fully saturated rings. The lowest BCUT2D eigenvalue weighted by molar-refractivity contribution is -0.352. The molecule has 5 heterocycles. The van der Waals surface area contributed by atoms with Crippen molar-refractivity contribution in [2.75, 3.05) is 39.5 Å². The van der Waals surface area contributed by atoms with Gasteiger partial charge in [0.25, 0.3) is 0 Å². The Bertz CT molecular complexity index is 1530. The molecule has 1 aromatic heterocycles. The van der Waals surface area contributed by atoms with Crippen LogP contribution < -0.4 is 0 Å². The van der Waals surface area contributed by atoms with E-state index in [0.29, 0.717) is 5.69 Å². The SMILES string of the molecule is CC1OC(COC2OC(CO)C(O)C(OC3CN([C@@H](Cc4cc5ccccc5[nH]4)C(=O)O)CC(CO)O3)C2O)C(O)C(OC2OC(CO)C(O)C(O)C2O)C1O. The van der Waals surface area contributed by atoms with Crippen LogP contribution in [0, 0.1) is 0 Å². The van der Waals surface area contributed by atoms with Gasteiger partial charge < -0.3 is 94.3 Å². The van der Waals surface area contributed by atoms with Gasteiger partial charge in [-0.25, -0.2) is 0 Å². The molecule has 6 rings (SSSR count). The highest BCUT2D eigenvalue weighted by molar-refractivity contribution is 5.81. The number of aliphatic hydroxyl groups is 10. The molecule has 17 unspecified atom stereocenters. The number of aliphatic hydroxyl groups excluding tert-OH is 10. The number of aromatic amines is 1. The molecule has 21 heteroatoms. The van der Waals surface area contributed by atoms with Crippen LogP contribution in [0.5, 0.6) is 0 Å². The zero-order valence-corrected chi connectivity index (χ0v) is 30.4. The fourth-order valence-electron chi connectivity index (χ4n) is 7.55. The monoisotopic (exact) mass is 804 g/mol. The highest BCUT2D eigenvalue weighted by Gasteiger charge is 2.52. The number of hydrogen-bond acceptors (Lipinski definition) is 19. The number of morpholine rings is 1. The Kier molecular flexibility index (Phi) is 14.3. The maximum absolute atomic E-state index is 12.6. The number of fused-ring (bicyclic) bond motifs is 1. The number of carboxylic acid groups (broad SMARTS) is 1. The summed E-state index contributed by atoms with van der Waals surface area (Å²) in [4.78, 5) is 17.3. The van der Waals surface area contributed by atoms with E-state index in [-0.39, 0.29) is 19.5 Å². The number of H-pyrrole nitrogens is 1. The average molecular weight is 805 g/mol. The van der Waals surface area contributed by atoms with Gasteiger partial charge in [0, 0.05) is 24.2 Å². The maximum atomic E-state index is 12.6. The van der Waals surface area contributed by atoms with Crippen molar-refractivity contribution in [2.24, 2.45) is 0 Å². The number of rotatable bonds is 14. The molecule has 56 heavy (non-hydrogen) atoms. The number of para-hydroxylation sites is 1. The Hall–Kier alpha value is -2.49. The molecule has 4 saturated heterocycles. The summed E-state index contributed by atoms with van der Waals surface area (Å²) in [5.41, 5.74) is 1.49. The van der Waals surface area contributed by atoms with Crippen LogP contribution in [0.2, 0.25) is 0 Å². The molecule has 4 aliphatic rings. The van der Waals surface area contributed by atoms with E-state index in [1.807, 2.05) is 30.3 Å². The lowest BCUT2D eigenvalue weighted by atomic mass is 9.94. The Morgan fingerprint density at radius 2 is 1.43 bits per heavy atom. The molecular formula is C35H52N2O19. The lowest BCUT2D eigenvalue weighted by Gasteiger charge is -2.47. The highest BCUT2D eigenvalue weighted by atomic mass is 16.7. The van der Waals surface area contributed by atoms with Crippen LogP contribution in [0.1, 0.15) is 12.6 Å². The summed E-state index contributed by atoms with van der Waals surface area (Å²) < 4.78 is 40.0. The Morgan fingerprint density at radius 3 is 2.11 bits per heavy atom. The maximum Gasteiger partial charge on any atom is 0.321 e. The van der Waals surface area contributed by atoms with E-state index in [9.17, 15) is 61.0 Å². The lowest BCUT2D eigenvalue weighted by Crippen LogP contribution is -2.65. The molecule has 0 saturated carbocycles. The van der Waals surface area contributed by atoms with E-state index >= 15 is 0 Å². The van der Waals surface area contributed by atoms with E-state index in [1.165, 1.54) is 6.92 Å². The van der Waals surface area contributed by atoms with Crippen LogP contribution in [0.3, 0.4) is 0 Å². The van der Waals surface area contributed by atoms with Crippen molar-refractivity contribution >= 4 is 16.9 Å². The number of carbonyl (C=O) groups is 1. The van der Waals surface area contributed by atoms with Gasteiger partial charge in [-0.1, -0.05) is 18.2 Å². The number of aromatic nitrogens is 1. The molecular weight excluding hydrogens is 752 g/mol. The number of carboxylic acids is 1. The van der Waals surface area contributed by atoms with E-state index < -0.39 is 143 Å².